The molecule has 2 aromatic carbocycles. The van der Waals surface area contributed by atoms with Gasteiger partial charge in [-0.2, -0.15) is 0 Å². The van der Waals surface area contributed by atoms with Crippen LogP contribution in [0.15, 0.2) is 36.4 Å². The topological polar surface area (TPSA) is 70.7 Å². The van der Waals surface area contributed by atoms with Crippen LogP contribution in [0.5, 0.6) is 5.75 Å². The molecule has 1 fully saturated rings. The number of carbonyl (C=O) groups is 2. The molecule has 4 rings (SSSR count). The van der Waals surface area contributed by atoms with Crippen LogP contribution in [0.4, 0.5) is 25.0 Å². The zero-order valence-electron chi connectivity index (χ0n) is 18.9. The minimum Gasteiger partial charge on any atom is -0.491 e. The molecule has 0 spiro atoms. The summed E-state index contributed by atoms with van der Waals surface area (Å²) in [7, 11) is 0. The van der Waals surface area contributed by atoms with E-state index in [1.54, 1.807) is 4.90 Å². The maximum absolute atomic E-state index is 13.9. The molecule has 0 saturated carbocycles. The molecule has 3 amide bonds. The fourth-order valence-electron chi connectivity index (χ4n) is 4.54. The Morgan fingerprint density at radius 3 is 2.73 bits per heavy atom. The van der Waals surface area contributed by atoms with Crippen molar-refractivity contribution < 1.29 is 23.1 Å². The molecule has 0 aromatic heterocycles. The van der Waals surface area contributed by atoms with Crippen LogP contribution in [0.25, 0.3) is 0 Å². The van der Waals surface area contributed by atoms with Crippen molar-refractivity contribution in [1.29, 1.82) is 0 Å². The molecule has 0 bridgehead atoms. The molecule has 0 radical (unpaired) electrons. The van der Waals surface area contributed by atoms with E-state index in [0.717, 1.165) is 17.7 Å². The first-order valence-electron chi connectivity index (χ1n) is 11.4. The Morgan fingerprint density at radius 1 is 1.15 bits per heavy atom. The standard InChI is InChI=1S/C25H29F2N3O3/c1-15(2)16-3-6-23-22(11-16)28-24(31)12-17-7-9-30(14-18(17)8-10-33-23)25(32)29-21-5-4-19(26)13-20(21)27/h3-6,11,13,15,17-18H,7-10,12,14H2,1-2H3,(H,28,31)(H,29,32)/t17-,18-/m0/s1. The van der Waals surface area contributed by atoms with Gasteiger partial charge in [0.15, 0.2) is 0 Å². The van der Waals surface area contributed by atoms with Crippen LogP contribution in [-0.4, -0.2) is 36.5 Å². The number of fused-ring (bicyclic) bond motifs is 2. The second kappa shape index (κ2) is 9.77. The van der Waals surface area contributed by atoms with Crippen LogP contribution < -0.4 is 15.4 Å². The molecule has 2 atom stereocenters. The van der Waals surface area contributed by atoms with Crippen molar-refractivity contribution in [3.8, 4) is 5.75 Å². The van der Waals surface area contributed by atoms with Crippen LogP contribution in [0.1, 0.15) is 44.6 Å². The van der Waals surface area contributed by atoms with Crippen molar-refractivity contribution >= 4 is 23.3 Å². The maximum atomic E-state index is 13.9. The van der Waals surface area contributed by atoms with E-state index in [1.165, 1.54) is 6.07 Å². The Morgan fingerprint density at radius 2 is 1.97 bits per heavy atom. The van der Waals surface area contributed by atoms with E-state index in [0.29, 0.717) is 56.3 Å². The Kier molecular flexibility index (Phi) is 6.81. The Balaban J connectivity index is 1.44. The molecule has 2 aliphatic rings. The highest BCUT2D eigenvalue weighted by Crippen LogP contribution is 2.34. The molecule has 1 saturated heterocycles. The van der Waals surface area contributed by atoms with Gasteiger partial charge in [0, 0.05) is 25.6 Å². The fourth-order valence-corrected chi connectivity index (χ4v) is 4.54. The Hall–Kier alpha value is -3.16. The van der Waals surface area contributed by atoms with Crippen molar-refractivity contribution in [3.05, 3.63) is 53.6 Å². The second-order valence-corrected chi connectivity index (χ2v) is 9.11. The Labute approximate surface area is 192 Å². The number of nitrogens with one attached hydrogen (secondary N) is 2. The minimum atomic E-state index is -0.818. The van der Waals surface area contributed by atoms with Gasteiger partial charge in [0.2, 0.25) is 5.91 Å². The highest BCUT2D eigenvalue weighted by molar-refractivity contribution is 5.93. The molecule has 0 aliphatic carbocycles. The average molecular weight is 458 g/mol. The SMILES string of the molecule is CC(C)c1ccc2c(c1)NC(=O)C[C@@H]1CCN(C(=O)Nc3ccc(F)cc3F)C[C@@H]1CCO2. The fraction of sp³-hybridized carbons (Fsp3) is 0.440. The summed E-state index contributed by atoms with van der Waals surface area (Å²) in [5.41, 5.74) is 1.77. The van der Waals surface area contributed by atoms with Crippen LogP contribution in [0.2, 0.25) is 0 Å². The van der Waals surface area contributed by atoms with E-state index in [1.807, 2.05) is 18.2 Å². The molecule has 2 heterocycles. The van der Waals surface area contributed by atoms with Gasteiger partial charge in [-0.05, 0) is 60.4 Å². The molecule has 8 heteroatoms. The van der Waals surface area contributed by atoms with Gasteiger partial charge in [-0.1, -0.05) is 19.9 Å². The number of rotatable bonds is 2. The van der Waals surface area contributed by atoms with E-state index in [2.05, 4.69) is 24.5 Å². The molecule has 176 valence electrons. The van der Waals surface area contributed by atoms with Crippen LogP contribution >= 0.6 is 0 Å². The van der Waals surface area contributed by atoms with Crippen molar-refractivity contribution in [2.24, 2.45) is 11.8 Å². The molecule has 33 heavy (non-hydrogen) atoms. The first kappa shape index (κ1) is 23.0. The number of benzene rings is 2. The second-order valence-electron chi connectivity index (χ2n) is 9.11. The first-order chi connectivity index (χ1) is 15.8. The molecule has 2 aromatic rings. The van der Waals surface area contributed by atoms with Gasteiger partial charge in [0.25, 0.3) is 0 Å². The van der Waals surface area contributed by atoms with Gasteiger partial charge in [-0.3, -0.25) is 4.79 Å². The van der Waals surface area contributed by atoms with Gasteiger partial charge in [0.1, 0.15) is 17.4 Å². The number of piperidine rings is 1. The number of amides is 3. The lowest BCUT2D eigenvalue weighted by Gasteiger charge is -2.39. The van der Waals surface area contributed by atoms with Crippen molar-refractivity contribution in [1.82, 2.24) is 4.90 Å². The van der Waals surface area contributed by atoms with Crippen molar-refractivity contribution in [2.75, 3.05) is 30.3 Å². The predicted molar refractivity (Wildman–Crippen MR) is 122 cm³/mol. The van der Waals surface area contributed by atoms with Crippen molar-refractivity contribution in [3.63, 3.8) is 0 Å². The van der Waals surface area contributed by atoms with E-state index >= 15 is 0 Å². The number of urea groups is 1. The first-order valence-corrected chi connectivity index (χ1v) is 11.4. The lowest BCUT2D eigenvalue weighted by atomic mass is 9.81. The van der Waals surface area contributed by atoms with E-state index in [-0.39, 0.29) is 23.4 Å². The summed E-state index contributed by atoms with van der Waals surface area (Å²) in [6, 6.07) is 8.48. The highest BCUT2D eigenvalue weighted by atomic mass is 19.1. The summed E-state index contributed by atoms with van der Waals surface area (Å²) in [4.78, 5) is 27.1. The number of carbonyl (C=O) groups excluding carboxylic acids is 2. The summed E-state index contributed by atoms with van der Waals surface area (Å²) in [5.74, 6) is -0.410. The van der Waals surface area contributed by atoms with E-state index in [9.17, 15) is 18.4 Å². The zero-order chi connectivity index (χ0) is 23.5. The van der Waals surface area contributed by atoms with Gasteiger partial charge in [0.05, 0.1) is 18.0 Å². The number of anilines is 2. The lowest BCUT2D eigenvalue weighted by molar-refractivity contribution is -0.118. The highest BCUT2D eigenvalue weighted by Gasteiger charge is 2.33. The number of halogens is 2. The maximum Gasteiger partial charge on any atom is 0.321 e. The average Bonchev–Trinajstić information content (AvgIpc) is 2.77. The molecule has 2 aliphatic heterocycles. The van der Waals surface area contributed by atoms with Gasteiger partial charge in [-0.25, -0.2) is 13.6 Å². The summed E-state index contributed by atoms with van der Waals surface area (Å²) in [6.07, 6.45) is 1.73. The normalized spacial score (nSPS) is 20.9. The number of likely N-dealkylation sites (tertiary alicyclic amines) is 1. The van der Waals surface area contributed by atoms with Gasteiger partial charge in [-0.15, -0.1) is 0 Å². The summed E-state index contributed by atoms with van der Waals surface area (Å²) >= 11 is 0. The molecular weight excluding hydrogens is 428 g/mol. The number of hydrogen-bond acceptors (Lipinski definition) is 3. The molecule has 0 unspecified atom stereocenters. The summed E-state index contributed by atoms with van der Waals surface area (Å²) < 4.78 is 33.1. The number of hydrogen-bond donors (Lipinski definition) is 2. The minimum absolute atomic E-state index is 0.0606. The quantitative estimate of drug-likeness (QED) is 0.637. The summed E-state index contributed by atoms with van der Waals surface area (Å²) in [6.45, 7) is 5.56. The monoisotopic (exact) mass is 457 g/mol. The third-order valence-corrected chi connectivity index (χ3v) is 6.49. The van der Waals surface area contributed by atoms with E-state index < -0.39 is 17.7 Å². The largest absolute Gasteiger partial charge is 0.491 e. The number of nitrogens with zero attached hydrogens (tertiary/aromatic N) is 1. The van der Waals surface area contributed by atoms with Crippen LogP contribution in [0, 0.1) is 23.5 Å². The lowest BCUT2D eigenvalue weighted by Crippen LogP contribution is -2.46. The molecule has 2 N–H and O–H groups in total. The predicted octanol–water partition coefficient (Wildman–Crippen LogP) is 5.37. The van der Waals surface area contributed by atoms with Crippen molar-refractivity contribution in [2.45, 2.75) is 39.0 Å². The number of ether oxygens (including phenoxy) is 1. The third kappa shape index (κ3) is 5.43. The summed E-state index contributed by atoms with van der Waals surface area (Å²) in [5, 5.41) is 5.53. The third-order valence-electron chi connectivity index (χ3n) is 6.49. The van der Waals surface area contributed by atoms with Gasteiger partial charge >= 0.3 is 6.03 Å². The smallest absolute Gasteiger partial charge is 0.321 e. The van der Waals surface area contributed by atoms with Gasteiger partial charge < -0.3 is 20.3 Å². The van der Waals surface area contributed by atoms with E-state index in [4.69, 9.17) is 4.74 Å². The molecule has 6 nitrogen and oxygen atoms in total. The Bertz CT molecular complexity index is 1040. The van der Waals surface area contributed by atoms with Crippen LogP contribution in [-0.2, 0) is 4.79 Å². The van der Waals surface area contributed by atoms with Crippen LogP contribution in [0.3, 0.4) is 0 Å². The molecular formula is C25H29F2N3O3. The zero-order valence-corrected chi connectivity index (χ0v) is 18.9.